The van der Waals surface area contributed by atoms with Crippen LogP contribution in [0, 0.1) is 0 Å². The van der Waals surface area contributed by atoms with E-state index in [2.05, 4.69) is 38.4 Å². The number of anilines is 2. The molecule has 0 spiro atoms. The van der Waals surface area contributed by atoms with E-state index in [1.807, 2.05) is 24.3 Å². The number of benzene rings is 2. The highest BCUT2D eigenvalue weighted by Crippen LogP contribution is 2.42. The number of nitrogens with zero attached hydrogens (tertiary/aromatic N) is 3. The number of rotatable bonds is 6. The molecule has 3 aromatic rings. The Kier molecular flexibility index (Phi) is 6.46. The maximum Gasteiger partial charge on any atom is 0.309 e. The van der Waals surface area contributed by atoms with E-state index in [1.54, 1.807) is 24.2 Å². The third-order valence-electron chi connectivity index (χ3n) is 5.91. The van der Waals surface area contributed by atoms with E-state index < -0.39 is 0 Å². The van der Waals surface area contributed by atoms with Crippen molar-refractivity contribution in [1.29, 1.82) is 0 Å². The third kappa shape index (κ3) is 5.29. The van der Waals surface area contributed by atoms with Crippen LogP contribution in [-0.2, 0) is 22.5 Å². The van der Waals surface area contributed by atoms with E-state index in [1.165, 1.54) is 17.6 Å². The van der Waals surface area contributed by atoms with Crippen LogP contribution in [0.4, 0.5) is 11.5 Å². The number of hydrogen-bond donors (Lipinski definition) is 1. The highest BCUT2D eigenvalue weighted by molar-refractivity contribution is 7.99. The van der Waals surface area contributed by atoms with E-state index in [9.17, 15) is 4.79 Å². The number of carbonyl (C=O) groups excluding carboxylic acids is 1. The Morgan fingerprint density at radius 2 is 1.85 bits per heavy atom. The first kappa shape index (κ1) is 21.7. The van der Waals surface area contributed by atoms with Crippen molar-refractivity contribution < 1.29 is 14.3 Å². The average Bonchev–Trinajstić information content (AvgIpc) is 2.85. The first-order chi connectivity index (χ1) is 16.2. The Hall–Kier alpha value is -3.10. The normalized spacial score (nSPS) is 15.8. The number of nitrogens with one attached hydrogen (secondary N) is 1. The van der Waals surface area contributed by atoms with Crippen LogP contribution >= 0.6 is 11.8 Å². The Bertz CT molecular complexity index is 1130. The predicted molar refractivity (Wildman–Crippen MR) is 127 cm³/mol. The van der Waals surface area contributed by atoms with Gasteiger partial charge in [0.25, 0.3) is 0 Å². The number of hydrogen-bond acceptors (Lipinski definition) is 8. The molecular formula is C25H26N4O3S. The van der Waals surface area contributed by atoms with Gasteiger partial charge in [-0.25, -0.2) is 9.97 Å². The zero-order valence-corrected chi connectivity index (χ0v) is 19.3. The lowest BCUT2D eigenvalue weighted by Crippen LogP contribution is -2.37. The monoisotopic (exact) mass is 462 g/mol. The van der Waals surface area contributed by atoms with Crippen LogP contribution in [0.2, 0.25) is 0 Å². The number of carbonyl (C=O) groups is 1. The summed E-state index contributed by atoms with van der Waals surface area (Å²) in [5.74, 6) is 1.44. The van der Waals surface area contributed by atoms with E-state index in [0.717, 1.165) is 60.3 Å². The van der Waals surface area contributed by atoms with Gasteiger partial charge in [-0.1, -0.05) is 30.0 Å². The smallest absolute Gasteiger partial charge is 0.309 e. The maximum atomic E-state index is 11.4. The molecule has 2 aliphatic heterocycles. The van der Waals surface area contributed by atoms with Crippen LogP contribution in [0.3, 0.4) is 0 Å². The number of ether oxygens (including phenoxy) is 2. The number of likely N-dealkylation sites (tertiary alicyclic amines) is 1. The standard InChI is InChI=1S/C25H26N4O3S/c1-31-23(30)15-17-2-5-19(6-3-17)32-20-8-12-29(13-9-20)16-18-4-7-22-21(14-18)28-24-25(33-22)27-11-10-26-24/h2-7,10-11,14,20H,8-9,12-13,15-16H2,1H3,(H,26,28). The number of methoxy groups -OCH3 is 1. The van der Waals surface area contributed by atoms with Crippen LogP contribution in [0.15, 0.2) is 64.8 Å². The summed E-state index contributed by atoms with van der Waals surface area (Å²) in [7, 11) is 1.40. The molecular weight excluding hydrogens is 436 g/mol. The van der Waals surface area contributed by atoms with Crippen molar-refractivity contribution in [3.8, 4) is 5.75 Å². The SMILES string of the molecule is COC(=O)Cc1ccc(OC2CCN(Cc3ccc4c(c3)Nc3nccnc3S4)CC2)cc1. The van der Waals surface area contributed by atoms with Gasteiger partial charge in [0.2, 0.25) is 0 Å². The third-order valence-corrected chi connectivity index (χ3v) is 6.98. The summed E-state index contributed by atoms with van der Waals surface area (Å²) in [5.41, 5.74) is 3.31. The summed E-state index contributed by atoms with van der Waals surface area (Å²) in [6.45, 7) is 2.92. The molecule has 1 fully saturated rings. The topological polar surface area (TPSA) is 76.6 Å². The van der Waals surface area contributed by atoms with Crippen LogP contribution in [0.1, 0.15) is 24.0 Å². The fourth-order valence-electron chi connectivity index (χ4n) is 4.14. The van der Waals surface area contributed by atoms with Gasteiger partial charge in [-0.05, 0) is 48.2 Å². The molecule has 1 N–H and O–H groups in total. The van der Waals surface area contributed by atoms with Crippen LogP contribution in [0.25, 0.3) is 0 Å². The molecule has 0 radical (unpaired) electrons. The Labute approximate surface area is 197 Å². The second-order valence-corrected chi connectivity index (χ2v) is 9.29. The molecule has 0 saturated carbocycles. The molecule has 7 nitrogen and oxygen atoms in total. The van der Waals surface area contributed by atoms with Crippen LogP contribution < -0.4 is 10.1 Å². The summed E-state index contributed by atoms with van der Waals surface area (Å²) in [6, 6.07) is 14.3. The lowest BCUT2D eigenvalue weighted by Gasteiger charge is -2.32. The van der Waals surface area contributed by atoms with E-state index in [4.69, 9.17) is 9.47 Å². The zero-order chi connectivity index (χ0) is 22.6. The molecule has 1 saturated heterocycles. The van der Waals surface area contributed by atoms with Crippen molar-refractivity contribution in [3.63, 3.8) is 0 Å². The van der Waals surface area contributed by atoms with Crippen LogP contribution in [0.5, 0.6) is 5.75 Å². The van der Waals surface area contributed by atoms with Gasteiger partial charge in [0, 0.05) is 36.9 Å². The Balaban J connectivity index is 1.12. The molecule has 0 unspecified atom stereocenters. The van der Waals surface area contributed by atoms with Gasteiger partial charge in [-0.3, -0.25) is 9.69 Å². The zero-order valence-electron chi connectivity index (χ0n) is 18.5. The second-order valence-electron chi connectivity index (χ2n) is 8.26. The Morgan fingerprint density at radius 3 is 2.64 bits per heavy atom. The van der Waals surface area contributed by atoms with Gasteiger partial charge >= 0.3 is 5.97 Å². The van der Waals surface area contributed by atoms with Crippen molar-refractivity contribution in [1.82, 2.24) is 14.9 Å². The van der Waals surface area contributed by atoms with Crippen molar-refractivity contribution in [2.24, 2.45) is 0 Å². The van der Waals surface area contributed by atoms with E-state index in [0.29, 0.717) is 0 Å². The summed E-state index contributed by atoms with van der Waals surface area (Å²) < 4.78 is 10.9. The summed E-state index contributed by atoms with van der Waals surface area (Å²) in [6.07, 6.45) is 5.92. The molecule has 0 bridgehead atoms. The molecule has 0 aliphatic carbocycles. The van der Waals surface area contributed by atoms with Crippen molar-refractivity contribution in [2.75, 3.05) is 25.5 Å². The van der Waals surface area contributed by atoms with Gasteiger partial charge in [-0.15, -0.1) is 0 Å². The molecule has 5 rings (SSSR count). The minimum absolute atomic E-state index is 0.212. The summed E-state index contributed by atoms with van der Waals surface area (Å²) in [4.78, 5) is 23.8. The molecule has 2 aromatic carbocycles. The molecule has 0 atom stereocenters. The minimum atomic E-state index is -0.233. The first-order valence-corrected chi connectivity index (χ1v) is 11.9. The highest BCUT2D eigenvalue weighted by Gasteiger charge is 2.22. The van der Waals surface area contributed by atoms with Crippen molar-refractivity contribution in [2.45, 2.75) is 41.8 Å². The fourth-order valence-corrected chi connectivity index (χ4v) is 5.02. The predicted octanol–water partition coefficient (Wildman–Crippen LogP) is 4.44. The number of aromatic nitrogens is 2. The van der Waals surface area contributed by atoms with E-state index in [-0.39, 0.29) is 18.5 Å². The summed E-state index contributed by atoms with van der Waals surface area (Å²) in [5, 5.41) is 4.33. The molecule has 8 heteroatoms. The second kappa shape index (κ2) is 9.80. The lowest BCUT2D eigenvalue weighted by atomic mass is 10.1. The average molecular weight is 463 g/mol. The maximum absolute atomic E-state index is 11.4. The highest BCUT2D eigenvalue weighted by atomic mass is 32.2. The fraction of sp³-hybridized carbons (Fsp3) is 0.320. The van der Waals surface area contributed by atoms with Gasteiger partial charge in [-0.2, -0.15) is 0 Å². The quantitative estimate of drug-likeness (QED) is 0.422. The molecule has 0 amide bonds. The Morgan fingerprint density at radius 1 is 1.09 bits per heavy atom. The molecule has 3 heterocycles. The number of fused-ring (bicyclic) bond motifs is 2. The minimum Gasteiger partial charge on any atom is -0.490 e. The lowest BCUT2D eigenvalue weighted by molar-refractivity contribution is -0.139. The molecule has 33 heavy (non-hydrogen) atoms. The van der Waals surface area contributed by atoms with Gasteiger partial charge in [0.1, 0.15) is 16.9 Å². The van der Waals surface area contributed by atoms with Crippen molar-refractivity contribution >= 4 is 29.2 Å². The van der Waals surface area contributed by atoms with Crippen molar-refractivity contribution in [3.05, 3.63) is 66.0 Å². The largest absolute Gasteiger partial charge is 0.490 e. The van der Waals surface area contributed by atoms with Crippen LogP contribution in [-0.4, -0.2) is 47.1 Å². The molecule has 170 valence electrons. The number of esters is 1. The number of piperidine rings is 1. The van der Waals surface area contributed by atoms with Gasteiger partial charge < -0.3 is 14.8 Å². The van der Waals surface area contributed by atoms with Gasteiger partial charge in [0.15, 0.2) is 5.82 Å². The van der Waals surface area contributed by atoms with E-state index >= 15 is 0 Å². The molecule has 1 aromatic heterocycles. The first-order valence-electron chi connectivity index (χ1n) is 11.1. The molecule has 2 aliphatic rings. The van der Waals surface area contributed by atoms with Gasteiger partial charge in [0.05, 0.1) is 19.2 Å². The summed E-state index contributed by atoms with van der Waals surface area (Å²) >= 11 is 1.65.